The zero-order valence-corrected chi connectivity index (χ0v) is 14.1. The molecule has 1 aromatic rings. The van der Waals surface area contributed by atoms with E-state index in [0.29, 0.717) is 18.8 Å². The molecule has 126 valence electrons. The third kappa shape index (κ3) is 5.66. The Morgan fingerprint density at radius 3 is 2.52 bits per heavy atom. The molecule has 1 fully saturated rings. The van der Waals surface area contributed by atoms with E-state index < -0.39 is 5.54 Å². The van der Waals surface area contributed by atoms with E-state index in [1.807, 2.05) is 12.1 Å². The van der Waals surface area contributed by atoms with Crippen LogP contribution in [0, 0.1) is 5.92 Å². The van der Waals surface area contributed by atoms with Gasteiger partial charge in [0.25, 0.3) is 0 Å². The molecular weight excluding hydrogens is 290 g/mol. The lowest BCUT2D eigenvalue weighted by Crippen LogP contribution is -2.55. The highest BCUT2D eigenvalue weighted by Crippen LogP contribution is 2.23. The molecule has 1 aliphatic rings. The van der Waals surface area contributed by atoms with Crippen molar-refractivity contribution in [3.63, 3.8) is 0 Å². The van der Waals surface area contributed by atoms with Crippen LogP contribution in [0.3, 0.4) is 0 Å². The molecule has 1 saturated carbocycles. The minimum Gasteiger partial charge on any atom is -0.354 e. The Balaban J connectivity index is 1.74. The van der Waals surface area contributed by atoms with Gasteiger partial charge in [-0.3, -0.25) is 14.6 Å². The van der Waals surface area contributed by atoms with Crippen molar-refractivity contribution in [2.75, 3.05) is 6.54 Å². The van der Waals surface area contributed by atoms with Crippen LogP contribution in [0.2, 0.25) is 0 Å². The topological polar surface area (TPSA) is 71.1 Å². The van der Waals surface area contributed by atoms with Crippen LogP contribution in [0.4, 0.5) is 0 Å². The number of carbonyl (C=O) groups is 2. The van der Waals surface area contributed by atoms with Crippen molar-refractivity contribution >= 4 is 11.8 Å². The third-order valence-electron chi connectivity index (χ3n) is 4.44. The molecule has 5 heteroatoms. The summed E-state index contributed by atoms with van der Waals surface area (Å²) in [6, 6.07) is 3.79. The average molecular weight is 317 g/mol. The van der Waals surface area contributed by atoms with Gasteiger partial charge >= 0.3 is 0 Å². The predicted molar refractivity (Wildman–Crippen MR) is 89.7 cm³/mol. The van der Waals surface area contributed by atoms with Crippen LogP contribution in [0.25, 0.3) is 0 Å². The van der Waals surface area contributed by atoms with Gasteiger partial charge < -0.3 is 10.6 Å². The summed E-state index contributed by atoms with van der Waals surface area (Å²) < 4.78 is 0. The number of aromatic nitrogens is 1. The number of nitrogens with one attached hydrogen (secondary N) is 2. The molecule has 0 aromatic carbocycles. The fourth-order valence-corrected chi connectivity index (χ4v) is 2.95. The minimum absolute atomic E-state index is 0.108. The van der Waals surface area contributed by atoms with Crippen LogP contribution < -0.4 is 10.6 Å². The van der Waals surface area contributed by atoms with E-state index in [9.17, 15) is 9.59 Å². The van der Waals surface area contributed by atoms with Crippen molar-refractivity contribution in [1.29, 1.82) is 0 Å². The average Bonchev–Trinajstić information content (AvgIpc) is 3.04. The summed E-state index contributed by atoms with van der Waals surface area (Å²) in [5.74, 6) is 0.377. The van der Waals surface area contributed by atoms with Gasteiger partial charge in [0, 0.05) is 25.4 Å². The van der Waals surface area contributed by atoms with Crippen LogP contribution in [0.1, 0.15) is 51.5 Å². The second kappa shape index (κ2) is 8.09. The fraction of sp³-hybridized carbons (Fsp3) is 0.611. The van der Waals surface area contributed by atoms with Gasteiger partial charge in [0.05, 0.1) is 0 Å². The van der Waals surface area contributed by atoms with Crippen molar-refractivity contribution < 1.29 is 9.59 Å². The lowest BCUT2D eigenvalue weighted by atomic mass is 10.0. The standard InChI is InChI=1S/C18H27N3O2/c1-18(2,17(23)20-13-15-5-3-4-6-15)21-16(22)8-7-14-9-11-19-12-10-14/h9-12,15H,3-8,13H2,1-2H3,(H,20,23)(H,21,22). The first-order valence-electron chi connectivity index (χ1n) is 8.45. The van der Waals surface area contributed by atoms with Crippen LogP contribution in [0.15, 0.2) is 24.5 Å². The summed E-state index contributed by atoms with van der Waals surface area (Å²) in [5, 5.41) is 5.82. The van der Waals surface area contributed by atoms with Gasteiger partial charge in [-0.25, -0.2) is 0 Å². The predicted octanol–water partition coefficient (Wildman–Crippen LogP) is 2.22. The monoisotopic (exact) mass is 317 g/mol. The van der Waals surface area contributed by atoms with Gasteiger partial charge in [-0.05, 0) is 56.7 Å². The highest BCUT2D eigenvalue weighted by atomic mass is 16.2. The number of amides is 2. The lowest BCUT2D eigenvalue weighted by Gasteiger charge is -2.26. The van der Waals surface area contributed by atoms with Crippen LogP contribution in [-0.4, -0.2) is 28.9 Å². The molecular formula is C18H27N3O2. The molecule has 2 rings (SSSR count). The molecule has 5 nitrogen and oxygen atoms in total. The zero-order chi connectivity index (χ0) is 16.7. The van der Waals surface area contributed by atoms with Gasteiger partial charge in [0.2, 0.25) is 11.8 Å². The highest BCUT2D eigenvalue weighted by molar-refractivity contribution is 5.90. The number of carbonyl (C=O) groups excluding carboxylic acids is 2. The van der Waals surface area contributed by atoms with Gasteiger partial charge in [0.1, 0.15) is 5.54 Å². The van der Waals surface area contributed by atoms with Gasteiger partial charge in [-0.2, -0.15) is 0 Å². The van der Waals surface area contributed by atoms with Crippen molar-refractivity contribution in [2.24, 2.45) is 5.92 Å². The van der Waals surface area contributed by atoms with E-state index in [4.69, 9.17) is 0 Å². The first-order chi connectivity index (χ1) is 11.0. The van der Waals surface area contributed by atoms with E-state index >= 15 is 0 Å². The number of aryl methyl sites for hydroxylation is 1. The molecule has 1 aromatic heterocycles. The van der Waals surface area contributed by atoms with E-state index in [-0.39, 0.29) is 11.8 Å². The number of hydrogen-bond donors (Lipinski definition) is 2. The van der Waals surface area contributed by atoms with Crippen molar-refractivity contribution in [2.45, 2.75) is 57.9 Å². The van der Waals surface area contributed by atoms with Crippen molar-refractivity contribution in [1.82, 2.24) is 15.6 Å². The largest absolute Gasteiger partial charge is 0.354 e. The summed E-state index contributed by atoms with van der Waals surface area (Å²) >= 11 is 0. The molecule has 23 heavy (non-hydrogen) atoms. The summed E-state index contributed by atoms with van der Waals surface area (Å²) in [4.78, 5) is 28.3. The highest BCUT2D eigenvalue weighted by Gasteiger charge is 2.29. The van der Waals surface area contributed by atoms with Crippen molar-refractivity contribution in [3.8, 4) is 0 Å². The van der Waals surface area contributed by atoms with Gasteiger partial charge in [0.15, 0.2) is 0 Å². The molecule has 0 saturated heterocycles. The number of nitrogens with zero attached hydrogens (tertiary/aromatic N) is 1. The molecule has 0 atom stereocenters. The zero-order valence-electron chi connectivity index (χ0n) is 14.1. The van der Waals surface area contributed by atoms with Crippen LogP contribution in [0.5, 0.6) is 0 Å². The molecule has 0 radical (unpaired) electrons. The van der Waals surface area contributed by atoms with E-state index in [0.717, 1.165) is 12.1 Å². The second-order valence-electron chi connectivity index (χ2n) is 6.89. The molecule has 1 heterocycles. The van der Waals surface area contributed by atoms with E-state index in [1.54, 1.807) is 26.2 Å². The molecule has 0 spiro atoms. The SMILES string of the molecule is CC(C)(NC(=O)CCc1ccncc1)C(=O)NCC1CCCC1. The molecule has 2 amide bonds. The van der Waals surface area contributed by atoms with E-state index in [1.165, 1.54) is 25.7 Å². The maximum Gasteiger partial charge on any atom is 0.245 e. The minimum atomic E-state index is -0.881. The molecule has 0 aliphatic heterocycles. The summed E-state index contributed by atoms with van der Waals surface area (Å²) in [5.41, 5.74) is 0.187. The second-order valence-corrected chi connectivity index (χ2v) is 6.89. The maximum atomic E-state index is 12.3. The molecule has 0 bridgehead atoms. The quantitative estimate of drug-likeness (QED) is 0.810. The summed E-state index contributed by atoms with van der Waals surface area (Å²) in [7, 11) is 0. The summed E-state index contributed by atoms with van der Waals surface area (Å²) in [6.45, 7) is 4.22. The number of hydrogen-bond acceptors (Lipinski definition) is 3. The Morgan fingerprint density at radius 2 is 1.87 bits per heavy atom. The van der Waals surface area contributed by atoms with Crippen molar-refractivity contribution in [3.05, 3.63) is 30.1 Å². The smallest absolute Gasteiger partial charge is 0.245 e. The van der Waals surface area contributed by atoms with Crippen LogP contribution in [-0.2, 0) is 16.0 Å². The first kappa shape index (κ1) is 17.4. The molecule has 2 N–H and O–H groups in total. The van der Waals surface area contributed by atoms with E-state index in [2.05, 4.69) is 15.6 Å². The molecule has 0 unspecified atom stereocenters. The maximum absolute atomic E-state index is 12.3. The number of pyridine rings is 1. The normalized spacial score (nSPS) is 15.4. The number of rotatable bonds is 7. The summed E-state index contributed by atoms with van der Waals surface area (Å²) in [6.07, 6.45) is 9.35. The van der Waals surface area contributed by atoms with Crippen LogP contribution >= 0.6 is 0 Å². The Bertz CT molecular complexity index is 522. The Morgan fingerprint density at radius 1 is 1.22 bits per heavy atom. The molecule has 1 aliphatic carbocycles. The Hall–Kier alpha value is -1.91. The Kier molecular flexibility index (Phi) is 6.13. The third-order valence-corrected chi connectivity index (χ3v) is 4.44. The first-order valence-corrected chi connectivity index (χ1v) is 8.45. The van der Waals surface area contributed by atoms with Gasteiger partial charge in [-0.15, -0.1) is 0 Å². The Labute approximate surface area is 138 Å². The lowest BCUT2D eigenvalue weighted by molar-refractivity contribution is -0.132. The van der Waals surface area contributed by atoms with Gasteiger partial charge in [-0.1, -0.05) is 12.8 Å². The fourth-order valence-electron chi connectivity index (χ4n) is 2.95.